The number of aliphatic imine (C=N–C) groups is 1. The van der Waals surface area contributed by atoms with Crippen molar-refractivity contribution in [3.05, 3.63) is 35.4 Å². The minimum atomic E-state index is -3.96. The molecular weight excluding hydrogens is 580 g/mol. The van der Waals surface area contributed by atoms with Crippen LogP contribution in [-0.4, -0.2) is 39.6 Å². The molecule has 1 aromatic rings. The lowest BCUT2D eigenvalue weighted by molar-refractivity contribution is -0.00466. The Labute approximate surface area is 251 Å². The van der Waals surface area contributed by atoms with Crippen LogP contribution in [0.5, 0.6) is 0 Å². The maximum Gasteiger partial charge on any atom is 0.475 e. The number of nitrogens with zero attached hydrogens (tertiary/aromatic N) is 1. The van der Waals surface area contributed by atoms with Crippen LogP contribution in [0.25, 0.3) is 0 Å². The number of halogens is 3. The monoisotopic (exact) mass is 625 g/mol. The van der Waals surface area contributed by atoms with Crippen LogP contribution in [0.15, 0.2) is 29.3 Å². The molecule has 1 aliphatic rings. The van der Waals surface area contributed by atoms with Crippen LogP contribution < -0.4 is 0 Å². The third-order valence-electron chi connectivity index (χ3n) is 6.04. The van der Waals surface area contributed by atoms with E-state index in [1.165, 1.54) is 44.1 Å². The van der Waals surface area contributed by atoms with Gasteiger partial charge >= 0.3 is 7.82 Å². The van der Waals surface area contributed by atoms with Crippen molar-refractivity contribution in [1.82, 2.24) is 0 Å². The lowest BCUT2D eigenvalue weighted by Gasteiger charge is -2.33. The second-order valence-electron chi connectivity index (χ2n) is 12.4. The summed E-state index contributed by atoms with van der Waals surface area (Å²) in [6.45, 7) is 13.0. The lowest BCUT2D eigenvalue weighted by Crippen LogP contribution is -2.36. The number of aryl methyl sites for hydroxylation is 2. The zero-order valence-corrected chi connectivity index (χ0v) is 27.8. The van der Waals surface area contributed by atoms with Crippen molar-refractivity contribution in [1.29, 1.82) is 0 Å². The van der Waals surface area contributed by atoms with E-state index in [1.54, 1.807) is 41.5 Å². The number of hydrogen-bond donors (Lipinski definition) is 0. The van der Waals surface area contributed by atoms with E-state index in [0.717, 1.165) is 12.0 Å². The summed E-state index contributed by atoms with van der Waals surface area (Å²) >= 11 is 18.2. The molecule has 0 aliphatic carbocycles. The number of benzene rings is 1. The molecular formula is C29H47Cl3NO5P. The average Bonchev–Trinajstić information content (AvgIpc) is 3.23. The third kappa shape index (κ3) is 13.5. The van der Waals surface area contributed by atoms with E-state index in [9.17, 15) is 4.57 Å². The van der Waals surface area contributed by atoms with E-state index in [2.05, 4.69) is 36.2 Å². The largest absolute Gasteiger partial charge is 0.475 e. The SMILES string of the molecule is CCCCCCCCc1ccc(CC[C@]2(COP(=O)(OC(C)(C)C)OC(C)(C)C)COC(C(Cl)(Cl)Cl)=N2)cc1. The van der Waals surface area contributed by atoms with Crippen molar-refractivity contribution in [2.24, 2.45) is 4.99 Å². The van der Waals surface area contributed by atoms with Crippen LogP contribution in [0.3, 0.4) is 0 Å². The fourth-order valence-corrected chi connectivity index (χ4v) is 6.38. The number of phosphoric acid groups is 1. The Morgan fingerprint density at radius 3 is 1.87 bits per heavy atom. The molecule has 0 saturated carbocycles. The molecule has 0 radical (unpaired) electrons. The van der Waals surface area contributed by atoms with Crippen LogP contribution in [0.1, 0.15) is 105 Å². The molecule has 224 valence electrons. The van der Waals surface area contributed by atoms with Crippen LogP contribution in [0, 0.1) is 0 Å². The molecule has 2 rings (SSSR count). The molecule has 0 saturated heterocycles. The van der Waals surface area contributed by atoms with Crippen molar-refractivity contribution < 1.29 is 22.9 Å². The summed E-state index contributed by atoms with van der Waals surface area (Å²) in [5, 5.41) is 0. The van der Waals surface area contributed by atoms with Crippen LogP contribution in [0.4, 0.5) is 0 Å². The molecule has 0 aromatic heterocycles. The van der Waals surface area contributed by atoms with Gasteiger partial charge in [-0.15, -0.1) is 0 Å². The minimum absolute atomic E-state index is 0.00584. The summed E-state index contributed by atoms with van der Waals surface area (Å²) < 4.78 is 35.0. The van der Waals surface area contributed by atoms with Crippen LogP contribution >= 0.6 is 42.6 Å². The average molecular weight is 627 g/mol. The lowest BCUT2D eigenvalue weighted by atomic mass is 9.93. The summed E-state index contributed by atoms with van der Waals surface area (Å²) in [5.41, 5.74) is 0.0488. The molecule has 1 aliphatic heterocycles. The molecule has 10 heteroatoms. The summed E-state index contributed by atoms with van der Waals surface area (Å²) in [7, 11) is -3.96. The van der Waals surface area contributed by atoms with Crippen molar-refractivity contribution in [2.45, 2.75) is 127 Å². The second-order valence-corrected chi connectivity index (χ2v) is 16.2. The first-order chi connectivity index (χ1) is 17.9. The highest BCUT2D eigenvalue weighted by atomic mass is 35.6. The molecule has 1 atom stereocenters. The summed E-state index contributed by atoms with van der Waals surface area (Å²) in [4.78, 5) is 4.63. The van der Waals surface area contributed by atoms with Gasteiger partial charge in [0.15, 0.2) is 0 Å². The first kappa shape index (κ1) is 34.9. The van der Waals surface area contributed by atoms with Gasteiger partial charge in [-0.05, 0) is 78.4 Å². The zero-order chi connectivity index (χ0) is 29.4. The molecule has 0 spiro atoms. The maximum atomic E-state index is 13.7. The van der Waals surface area contributed by atoms with Gasteiger partial charge in [-0.25, -0.2) is 9.56 Å². The van der Waals surface area contributed by atoms with Crippen molar-refractivity contribution in [3.63, 3.8) is 0 Å². The van der Waals surface area contributed by atoms with Crippen molar-refractivity contribution >= 4 is 48.5 Å². The third-order valence-corrected chi connectivity index (χ3v) is 8.52. The molecule has 1 heterocycles. The Bertz CT molecular complexity index is 947. The number of hydrogen-bond acceptors (Lipinski definition) is 6. The fraction of sp³-hybridized carbons (Fsp3) is 0.759. The summed E-state index contributed by atoms with van der Waals surface area (Å²) in [5.74, 6) is -0.00584. The van der Waals surface area contributed by atoms with Gasteiger partial charge in [-0.2, -0.15) is 0 Å². The molecule has 0 fully saturated rings. The van der Waals surface area contributed by atoms with E-state index >= 15 is 0 Å². The molecule has 0 N–H and O–H groups in total. The smallest absolute Gasteiger partial charge is 0.475 e. The quantitative estimate of drug-likeness (QED) is 0.110. The fourth-order valence-electron chi connectivity index (χ4n) is 4.20. The number of phosphoric ester groups is 1. The normalized spacial score (nSPS) is 18.8. The number of rotatable bonds is 15. The highest BCUT2D eigenvalue weighted by molar-refractivity contribution is 7.48. The molecule has 0 bridgehead atoms. The van der Waals surface area contributed by atoms with E-state index in [1.807, 2.05) is 0 Å². The molecule has 0 amide bonds. The highest BCUT2D eigenvalue weighted by Gasteiger charge is 2.46. The molecule has 6 nitrogen and oxygen atoms in total. The Morgan fingerprint density at radius 2 is 1.38 bits per heavy atom. The van der Waals surface area contributed by atoms with Gasteiger partial charge in [0.25, 0.3) is 3.79 Å². The first-order valence-corrected chi connectivity index (χ1v) is 16.6. The van der Waals surface area contributed by atoms with Gasteiger partial charge in [0.1, 0.15) is 12.1 Å². The first-order valence-electron chi connectivity index (χ1n) is 14.0. The van der Waals surface area contributed by atoms with E-state index in [4.69, 9.17) is 53.1 Å². The molecule has 1 aromatic carbocycles. The van der Waals surface area contributed by atoms with Gasteiger partial charge in [-0.1, -0.05) is 98.1 Å². The van der Waals surface area contributed by atoms with Gasteiger partial charge in [0, 0.05) is 0 Å². The van der Waals surface area contributed by atoms with Gasteiger partial charge < -0.3 is 4.74 Å². The summed E-state index contributed by atoms with van der Waals surface area (Å²) in [6.07, 6.45) is 10.0. The van der Waals surface area contributed by atoms with Crippen molar-refractivity contribution in [2.75, 3.05) is 13.2 Å². The predicted molar refractivity (Wildman–Crippen MR) is 163 cm³/mol. The number of alkyl halides is 3. The minimum Gasteiger partial charge on any atom is -0.475 e. The standard InChI is InChI=1S/C29H47Cl3NO5P/c1-8-9-10-11-12-13-14-23-15-17-24(18-16-23)19-20-28(21-35-25(33-28)29(30,31)32)22-36-39(34,37-26(2,3)4)38-27(5,6)7/h15-18H,8-14,19-22H2,1-7H3/t28-/m1/s1. The predicted octanol–water partition coefficient (Wildman–Crippen LogP) is 9.81. The Hall–Kier alpha value is -0.330. The number of unbranched alkanes of at least 4 members (excludes halogenated alkanes) is 5. The molecule has 39 heavy (non-hydrogen) atoms. The molecule has 0 unspecified atom stereocenters. The number of ether oxygens (including phenoxy) is 1. The van der Waals surface area contributed by atoms with Gasteiger partial charge in [0.2, 0.25) is 5.90 Å². The van der Waals surface area contributed by atoms with Crippen LogP contribution in [0.2, 0.25) is 0 Å². The van der Waals surface area contributed by atoms with Crippen LogP contribution in [-0.2, 0) is 35.7 Å². The zero-order valence-electron chi connectivity index (χ0n) is 24.7. The van der Waals surface area contributed by atoms with E-state index < -0.39 is 28.4 Å². The maximum absolute atomic E-state index is 13.7. The van der Waals surface area contributed by atoms with Crippen molar-refractivity contribution in [3.8, 4) is 0 Å². The Balaban J connectivity index is 2.11. The summed E-state index contributed by atoms with van der Waals surface area (Å²) in [6, 6.07) is 8.67. The van der Waals surface area contributed by atoms with E-state index in [0.29, 0.717) is 12.8 Å². The van der Waals surface area contributed by atoms with E-state index in [-0.39, 0.29) is 19.1 Å². The Kier molecular flexibility index (Phi) is 13.2. The second kappa shape index (κ2) is 14.7. The topological polar surface area (TPSA) is 66.4 Å². The Morgan fingerprint density at radius 1 is 0.872 bits per heavy atom. The highest BCUT2D eigenvalue weighted by Crippen LogP contribution is 2.56. The van der Waals surface area contributed by atoms with Gasteiger partial charge in [0.05, 0.1) is 17.8 Å². The van der Waals surface area contributed by atoms with Gasteiger partial charge in [-0.3, -0.25) is 13.6 Å².